The summed E-state index contributed by atoms with van der Waals surface area (Å²) in [5.41, 5.74) is 1.48. The number of methoxy groups -OCH3 is 1. The molecule has 3 rings (SSSR count). The van der Waals surface area contributed by atoms with Crippen LogP contribution >= 0.6 is 0 Å². The van der Waals surface area contributed by atoms with Crippen molar-refractivity contribution >= 4 is 21.7 Å². The molecule has 1 amide bonds. The number of ether oxygens (including phenoxy) is 1. The van der Waals surface area contributed by atoms with E-state index in [2.05, 4.69) is 9.97 Å². The van der Waals surface area contributed by atoms with Gasteiger partial charge in [0.05, 0.1) is 24.2 Å². The van der Waals surface area contributed by atoms with Crippen LogP contribution < -0.4 is 9.64 Å². The summed E-state index contributed by atoms with van der Waals surface area (Å²) < 4.78 is 32.7. The van der Waals surface area contributed by atoms with Gasteiger partial charge >= 0.3 is 0 Å². The molecule has 1 unspecified atom stereocenters. The molecule has 0 bridgehead atoms. The first-order valence-electron chi connectivity index (χ1n) is 9.93. The van der Waals surface area contributed by atoms with Crippen molar-refractivity contribution in [2.24, 2.45) is 0 Å². The van der Waals surface area contributed by atoms with E-state index in [0.29, 0.717) is 30.4 Å². The van der Waals surface area contributed by atoms with Gasteiger partial charge in [-0.25, -0.2) is 18.4 Å². The molecule has 9 nitrogen and oxygen atoms in total. The molecular weight excluding hydrogens is 418 g/mol. The number of aromatic nitrogens is 2. The van der Waals surface area contributed by atoms with E-state index in [0.717, 1.165) is 11.3 Å². The topological polar surface area (TPSA) is 95.9 Å². The van der Waals surface area contributed by atoms with Crippen molar-refractivity contribution < 1.29 is 17.9 Å². The highest BCUT2D eigenvalue weighted by Crippen LogP contribution is 2.28. The van der Waals surface area contributed by atoms with Crippen LogP contribution in [0.5, 0.6) is 5.75 Å². The maximum atomic E-state index is 13.1. The molecule has 1 fully saturated rings. The summed E-state index contributed by atoms with van der Waals surface area (Å²) in [7, 11) is 4.81. The Balaban J connectivity index is 1.90. The second-order valence-electron chi connectivity index (χ2n) is 8.03. The van der Waals surface area contributed by atoms with Gasteiger partial charge < -0.3 is 14.5 Å². The van der Waals surface area contributed by atoms with Crippen molar-refractivity contribution in [3.63, 3.8) is 0 Å². The Morgan fingerprint density at radius 3 is 2.45 bits per heavy atom. The average Bonchev–Trinajstić information content (AvgIpc) is 3.06. The van der Waals surface area contributed by atoms with Crippen LogP contribution in [0.2, 0.25) is 0 Å². The zero-order valence-electron chi connectivity index (χ0n) is 18.8. The zero-order chi connectivity index (χ0) is 22.9. The van der Waals surface area contributed by atoms with Gasteiger partial charge in [0.2, 0.25) is 15.9 Å². The fraction of sp³-hybridized carbons (Fsp3) is 0.476. The zero-order valence-corrected chi connectivity index (χ0v) is 19.6. The van der Waals surface area contributed by atoms with Crippen molar-refractivity contribution in [3.05, 3.63) is 41.3 Å². The van der Waals surface area contributed by atoms with Gasteiger partial charge in [-0.3, -0.25) is 4.79 Å². The molecule has 0 saturated carbocycles. The number of aryl methyl sites for hydroxylation is 1. The Kier molecular flexibility index (Phi) is 6.51. The normalized spacial score (nSPS) is 16.8. The van der Waals surface area contributed by atoms with Gasteiger partial charge in [0.15, 0.2) is 0 Å². The lowest BCUT2D eigenvalue weighted by Gasteiger charge is -2.20. The second kappa shape index (κ2) is 8.80. The maximum absolute atomic E-state index is 13.1. The first-order valence-corrected chi connectivity index (χ1v) is 11.4. The molecule has 2 heterocycles. The summed E-state index contributed by atoms with van der Waals surface area (Å²) in [6, 6.07) is 6.63. The largest absolute Gasteiger partial charge is 0.496 e. The smallest absolute Gasteiger partial charge is 0.243 e. The number of rotatable bonds is 7. The number of hydrogen-bond acceptors (Lipinski definition) is 7. The van der Waals surface area contributed by atoms with Gasteiger partial charge in [0, 0.05) is 53.1 Å². The minimum atomic E-state index is -3.75. The first kappa shape index (κ1) is 23.0. The molecule has 10 heteroatoms. The minimum Gasteiger partial charge on any atom is -0.496 e. The maximum Gasteiger partial charge on any atom is 0.243 e. The number of likely N-dealkylation sites (tertiary alicyclic amines) is 1. The number of carbonyl (C=O) groups is 1. The third-order valence-corrected chi connectivity index (χ3v) is 7.23. The van der Waals surface area contributed by atoms with Crippen LogP contribution in [-0.2, 0) is 21.4 Å². The van der Waals surface area contributed by atoms with Crippen LogP contribution in [0.25, 0.3) is 0 Å². The third-order valence-electron chi connectivity index (χ3n) is 5.43. The van der Waals surface area contributed by atoms with Crippen LogP contribution in [0.15, 0.2) is 29.2 Å². The number of amides is 1. The number of nitrogens with zero attached hydrogens (tertiary/aromatic N) is 5. The van der Waals surface area contributed by atoms with Gasteiger partial charge in [0.1, 0.15) is 17.4 Å². The number of sulfonamides is 1. The fourth-order valence-electron chi connectivity index (χ4n) is 3.55. The number of anilines is 1. The van der Waals surface area contributed by atoms with E-state index >= 15 is 0 Å². The van der Waals surface area contributed by atoms with Crippen LogP contribution in [-0.4, -0.2) is 75.3 Å². The van der Waals surface area contributed by atoms with Gasteiger partial charge in [0.25, 0.3) is 0 Å². The van der Waals surface area contributed by atoms with Gasteiger partial charge in [-0.15, -0.1) is 0 Å². The third kappa shape index (κ3) is 4.80. The Bertz CT molecular complexity index is 1090. The molecule has 0 radical (unpaired) electrons. The Morgan fingerprint density at radius 2 is 1.90 bits per heavy atom. The number of carbonyl (C=O) groups excluding carboxylic acids is 1. The number of likely N-dealkylation sites (N-methyl/N-ethyl adjacent to an activating group) is 1. The van der Waals surface area contributed by atoms with E-state index in [1.165, 1.54) is 17.4 Å². The lowest BCUT2D eigenvalue weighted by molar-refractivity contribution is -0.126. The van der Waals surface area contributed by atoms with Crippen molar-refractivity contribution in [1.82, 2.24) is 19.2 Å². The predicted octanol–water partition coefficient (Wildman–Crippen LogP) is 1.63. The van der Waals surface area contributed by atoms with Crippen molar-refractivity contribution in [2.75, 3.05) is 46.7 Å². The summed E-state index contributed by atoms with van der Waals surface area (Å²) in [4.78, 5) is 24.8. The molecule has 168 valence electrons. The predicted molar refractivity (Wildman–Crippen MR) is 118 cm³/mol. The fourth-order valence-corrected chi connectivity index (χ4v) is 4.76. The number of hydrogen-bond donors (Lipinski definition) is 0. The van der Waals surface area contributed by atoms with E-state index in [4.69, 9.17) is 4.74 Å². The highest BCUT2D eigenvalue weighted by molar-refractivity contribution is 7.89. The molecule has 1 saturated heterocycles. The minimum absolute atomic E-state index is 0.0125. The van der Waals surface area contributed by atoms with E-state index in [-0.39, 0.29) is 23.3 Å². The van der Waals surface area contributed by atoms with E-state index < -0.39 is 10.0 Å². The second-order valence-corrected chi connectivity index (χ2v) is 10.1. The summed E-state index contributed by atoms with van der Waals surface area (Å²) >= 11 is 0. The van der Waals surface area contributed by atoms with Gasteiger partial charge in [-0.05, 0) is 30.7 Å². The highest BCUT2D eigenvalue weighted by atomic mass is 32.2. The molecule has 1 aromatic carbocycles. The molecule has 0 aliphatic carbocycles. The quantitative estimate of drug-likeness (QED) is 0.636. The number of benzene rings is 1. The Morgan fingerprint density at radius 1 is 1.19 bits per heavy atom. The summed E-state index contributed by atoms with van der Waals surface area (Å²) in [6.45, 7) is 2.40. The Labute approximate surface area is 183 Å². The molecule has 1 aliphatic rings. The lowest BCUT2D eigenvalue weighted by Crippen LogP contribution is -2.28. The van der Waals surface area contributed by atoms with Crippen LogP contribution in [0, 0.1) is 6.92 Å². The molecule has 0 N–H and O–H groups in total. The monoisotopic (exact) mass is 447 g/mol. The molecule has 1 aromatic heterocycles. The highest BCUT2D eigenvalue weighted by Gasteiger charge is 2.30. The molecule has 31 heavy (non-hydrogen) atoms. The molecule has 2 aromatic rings. The standard InChI is InChI=1S/C21H29N5O4S/c1-14-9-16(7-8-18(14)30-6)31(28,29)26(5)13-19-22-17(11-20(23-19)24(2)3)15-10-21(27)25(4)12-15/h7-9,11,15H,10,12-13H2,1-6H3. The van der Waals surface area contributed by atoms with Gasteiger partial charge in [-0.2, -0.15) is 4.31 Å². The molecular formula is C21H29N5O4S. The summed E-state index contributed by atoms with van der Waals surface area (Å²) in [5.74, 6) is 1.73. The van der Waals surface area contributed by atoms with E-state index in [1.54, 1.807) is 38.1 Å². The van der Waals surface area contributed by atoms with Gasteiger partial charge in [-0.1, -0.05) is 0 Å². The van der Waals surface area contributed by atoms with Crippen LogP contribution in [0.3, 0.4) is 0 Å². The molecule has 1 atom stereocenters. The van der Waals surface area contributed by atoms with Crippen molar-refractivity contribution in [2.45, 2.75) is 30.7 Å². The average molecular weight is 448 g/mol. The molecule has 1 aliphatic heterocycles. The SMILES string of the molecule is COc1ccc(S(=O)(=O)N(C)Cc2nc(C3CC(=O)N(C)C3)cc(N(C)C)n2)cc1C. The van der Waals surface area contributed by atoms with E-state index in [9.17, 15) is 13.2 Å². The van der Waals surface area contributed by atoms with Crippen molar-refractivity contribution in [3.8, 4) is 5.75 Å². The Hall–Kier alpha value is -2.72. The van der Waals surface area contributed by atoms with E-state index in [1.807, 2.05) is 25.1 Å². The first-order chi connectivity index (χ1) is 14.5. The van der Waals surface area contributed by atoms with Crippen molar-refractivity contribution in [1.29, 1.82) is 0 Å². The molecule has 0 spiro atoms. The summed E-state index contributed by atoms with van der Waals surface area (Å²) in [6.07, 6.45) is 0.388. The summed E-state index contributed by atoms with van der Waals surface area (Å²) in [5, 5.41) is 0. The lowest BCUT2D eigenvalue weighted by atomic mass is 10.0. The van der Waals surface area contributed by atoms with Crippen LogP contribution in [0.1, 0.15) is 29.4 Å². The van der Waals surface area contributed by atoms with Crippen LogP contribution in [0.4, 0.5) is 5.82 Å².